The van der Waals surface area contributed by atoms with E-state index in [1.54, 1.807) is 0 Å². The summed E-state index contributed by atoms with van der Waals surface area (Å²) >= 11 is 3.48. The molecule has 0 spiro atoms. The minimum Gasteiger partial charge on any atom is -0.367 e. The summed E-state index contributed by atoms with van der Waals surface area (Å²) < 4.78 is 6.08. The number of halogens is 1. The van der Waals surface area contributed by atoms with Gasteiger partial charge in [0.2, 0.25) is 0 Å². The van der Waals surface area contributed by atoms with Crippen molar-refractivity contribution in [1.82, 2.24) is 0 Å². The molecule has 0 saturated heterocycles. The first-order valence-electron chi connectivity index (χ1n) is 5.38. The topological polar surface area (TPSA) is 9.23 Å². The van der Waals surface area contributed by atoms with Crippen LogP contribution in [0.1, 0.15) is 38.9 Å². The SMILES string of the molecule is CCC(OC(C)(C)CBr)c1ccccc1. The van der Waals surface area contributed by atoms with Crippen molar-refractivity contribution >= 4 is 15.9 Å². The number of benzene rings is 1. The van der Waals surface area contributed by atoms with Crippen LogP contribution in [0.15, 0.2) is 30.3 Å². The molecule has 15 heavy (non-hydrogen) atoms. The quantitative estimate of drug-likeness (QED) is 0.724. The number of hydrogen-bond acceptors (Lipinski definition) is 1. The molecule has 0 radical (unpaired) electrons. The summed E-state index contributed by atoms with van der Waals surface area (Å²) in [5, 5.41) is 0.851. The third-order valence-electron chi connectivity index (χ3n) is 2.33. The second-order valence-electron chi connectivity index (χ2n) is 4.32. The van der Waals surface area contributed by atoms with Gasteiger partial charge in [0.15, 0.2) is 0 Å². The zero-order chi connectivity index (χ0) is 11.3. The van der Waals surface area contributed by atoms with Gasteiger partial charge in [-0.1, -0.05) is 53.2 Å². The number of ether oxygens (including phenoxy) is 1. The van der Waals surface area contributed by atoms with Crippen LogP contribution in [-0.2, 0) is 4.74 Å². The van der Waals surface area contributed by atoms with Crippen LogP contribution in [0, 0.1) is 0 Å². The first-order valence-corrected chi connectivity index (χ1v) is 6.50. The molecule has 0 aliphatic carbocycles. The van der Waals surface area contributed by atoms with Gasteiger partial charge in [-0.05, 0) is 25.8 Å². The van der Waals surface area contributed by atoms with Crippen LogP contribution >= 0.6 is 15.9 Å². The Morgan fingerprint density at radius 3 is 2.33 bits per heavy atom. The highest BCUT2D eigenvalue weighted by Gasteiger charge is 2.22. The molecule has 1 rings (SSSR count). The van der Waals surface area contributed by atoms with Crippen molar-refractivity contribution in [2.24, 2.45) is 0 Å². The lowest BCUT2D eigenvalue weighted by molar-refractivity contribution is -0.0593. The van der Waals surface area contributed by atoms with E-state index in [1.165, 1.54) is 5.56 Å². The standard InChI is InChI=1S/C13H19BrO/c1-4-12(15-13(2,3)10-14)11-8-6-5-7-9-11/h5-9,12H,4,10H2,1-3H3. The van der Waals surface area contributed by atoms with Gasteiger partial charge in [0.1, 0.15) is 0 Å². The Morgan fingerprint density at radius 2 is 1.87 bits per heavy atom. The maximum atomic E-state index is 6.08. The van der Waals surface area contributed by atoms with Gasteiger partial charge in [-0.2, -0.15) is 0 Å². The lowest BCUT2D eigenvalue weighted by Crippen LogP contribution is -2.28. The van der Waals surface area contributed by atoms with Gasteiger partial charge in [-0.3, -0.25) is 0 Å². The monoisotopic (exact) mass is 270 g/mol. The Kier molecular flexibility index (Phi) is 4.81. The summed E-state index contributed by atoms with van der Waals surface area (Å²) in [6, 6.07) is 10.4. The van der Waals surface area contributed by atoms with Crippen molar-refractivity contribution in [2.45, 2.75) is 38.9 Å². The van der Waals surface area contributed by atoms with E-state index >= 15 is 0 Å². The molecule has 0 aliphatic rings. The zero-order valence-corrected chi connectivity index (χ0v) is 11.3. The molecule has 1 nitrogen and oxygen atoms in total. The lowest BCUT2D eigenvalue weighted by atomic mass is 10.1. The minimum atomic E-state index is -0.115. The fourth-order valence-corrected chi connectivity index (χ4v) is 1.60. The summed E-state index contributed by atoms with van der Waals surface area (Å²) in [5.74, 6) is 0. The van der Waals surface area contributed by atoms with Crippen LogP contribution in [0.5, 0.6) is 0 Å². The number of rotatable bonds is 5. The minimum absolute atomic E-state index is 0.115. The van der Waals surface area contributed by atoms with E-state index < -0.39 is 0 Å². The molecule has 0 saturated carbocycles. The van der Waals surface area contributed by atoms with E-state index in [2.05, 4.69) is 61.0 Å². The second-order valence-corrected chi connectivity index (χ2v) is 4.88. The predicted molar refractivity (Wildman–Crippen MR) is 68.4 cm³/mol. The van der Waals surface area contributed by atoms with Crippen molar-refractivity contribution in [3.8, 4) is 0 Å². The van der Waals surface area contributed by atoms with Gasteiger partial charge >= 0.3 is 0 Å². The molecule has 0 bridgehead atoms. The number of alkyl halides is 1. The van der Waals surface area contributed by atoms with E-state index in [1.807, 2.05) is 6.07 Å². The average Bonchev–Trinajstić information content (AvgIpc) is 2.27. The second kappa shape index (κ2) is 5.66. The molecule has 0 amide bonds. The Hall–Kier alpha value is -0.340. The molecule has 0 heterocycles. The first-order chi connectivity index (χ1) is 7.09. The van der Waals surface area contributed by atoms with E-state index in [9.17, 15) is 0 Å². The average molecular weight is 271 g/mol. The van der Waals surface area contributed by atoms with Crippen molar-refractivity contribution in [3.63, 3.8) is 0 Å². The molecule has 0 aromatic heterocycles. The van der Waals surface area contributed by atoms with Gasteiger partial charge in [0.05, 0.1) is 11.7 Å². The van der Waals surface area contributed by atoms with Crippen LogP contribution in [0.2, 0.25) is 0 Å². The Labute approximate surface area is 101 Å². The molecule has 1 aromatic carbocycles. The van der Waals surface area contributed by atoms with Crippen LogP contribution < -0.4 is 0 Å². The van der Waals surface area contributed by atoms with Gasteiger partial charge in [0, 0.05) is 5.33 Å². The Bertz CT molecular complexity index is 282. The number of hydrogen-bond donors (Lipinski definition) is 0. The van der Waals surface area contributed by atoms with Gasteiger partial charge in [-0.25, -0.2) is 0 Å². The van der Waals surface area contributed by atoms with Gasteiger partial charge in [-0.15, -0.1) is 0 Å². The molecule has 1 atom stereocenters. The summed E-state index contributed by atoms with van der Waals surface area (Å²) in [7, 11) is 0. The van der Waals surface area contributed by atoms with E-state index in [0.29, 0.717) is 0 Å². The highest BCUT2D eigenvalue weighted by molar-refractivity contribution is 9.09. The van der Waals surface area contributed by atoms with Crippen LogP contribution in [0.4, 0.5) is 0 Å². The van der Waals surface area contributed by atoms with Crippen molar-refractivity contribution in [3.05, 3.63) is 35.9 Å². The third kappa shape index (κ3) is 3.96. The molecule has 1 aromatic rings. The van der Waals surface area contributed by atoms with E-state index in [4.69, 9.17) is 4.74 Å². The molecule has 0 N–H and O–H groups in total. The van der Waals surface area contributed by atoms with Crippen molar-refractivity contribution in [2.75, 3.05) is 5.33 Å². The molecule has 0 aliphatic heterocycles. The largest absolute Gasteiger partial charge is 0.367 e. The first kappa shape index (κ1) is 12.7. The fraction of sp³-hybridized carbons (Fsp3) is 0.538. The van der Waals surface area contributed by atoms with Crippen LogP contribution in [0.25, 0.3) is 0 Å². The fourth-order valence-electron chi connectivity index (χ4n) is 1.47. The summed E-state index contributed by atoms with van der Waals surface area (Å²) in [6.45, 7) is 6.36. The highest BCUT2D eigenvalue weighted by Crippen LogP contribution is 2.27. The molecule has 84 valence electrons. The molecule has 0 fully saturated rings. The maximum Gasteiger partial charge on any atom is 0.0830 e. The maximum absolute atomic E-state index is 6.08. The summed E-state index contributed by atoms with van der Waals surface area (Å²) in [6.07, 6.45) is 1.19. The van der Waals surface area contributed by atoms with E-state index in [-0.39, 0.29) is 11.7 Å². The third-order valence-corrected chi connectivity index (χ3v) is 3.68. The van der Waals surface area contributed by atoms with Crippen LogP contribution in [-0.4, -0.2) is 10.9 Å². The van der Waals surface area contributed by atoms with Crippen LogP contribution in [0.3, 0.4) is 0 Å². The summed E-state index contributed by atoms with van der Waals surface area (Å²) in [4.78, 5) is 0. The van der Waals surface area contributed by atoms with Crippen molar-refractivity contribution in [1.29, 1.82) is 0 Å². The van der Waals surface area contributed by atoms with Gasteiger partial charge in [0.25, 0.3) is 0 Å². The molecule has 2 heteroatoms. The normalized spacial score (nSPS) is 13.9. The van der Waals surface area contributed by atoms with Gasteiger partial charge < -0.3 is 4.74 Å². The van der Waals surface area contributed by atoms with E-state index in [0.717, 1.165) is 11.8 Å². The molecular weight excluding hydrogens is 252 g/mol. The Morgan fingerprint density at radius 1 is 1.27 bits per heavy atom. The lowest BCUT2D eigenvalue weighted by Gasteiger charge is -2.29. The molecular formula is C13H19BrO. The highest BCUT2D eigenvalue weighted by atomic mass is 79.9. The predicted octanol–water partition coefficient (Wildman–Crippen LogP) is 4.33. The summed E-state index contributed by atoms with van der Waals surface area (Å²) in [5.41, 5.74) is 1.14. The zero-order valence-electron chi connectivity index (χ0n) is 9.66. The van der Waals surface area contributed by atoms with Crippen molar-refractivity contribution < 1.29 is 4.74 Å². The Balaban J connectivity index is 2.73. The molecule has 1 unspecified atom stereocenters. The smallest absolute Gasteiger partial charge is 0.0830 e.